The second kappa shape index (κ2) is 21.5. The monoisotopic (exact) mass is 1020 g/mol. The van der Waals surface area contributed by atoms with Crippen LogP contribution in [-0.4, -0.2) is 47.3 Å². The van der Waals surface area contributed by atoms with Crippen LogP contribution in [0.1, 0.15) is 56.8 Å². The number of rotatable bonds is 14. The number of carbonyl (C=O) groups excluding carboxylic acids is 6. The standard InChI is InChI=1S/C44H32Cl4F6N8O6/c1-19-9-36(58-42(68)38(22(4)64)62-60-30-14-24(12-28(48)16-30)40(66)56-34-8-6-26(46)18-32(34)44(52,53)54)20(2)10-35(19)57-41(67)37(21(3)63)61-59-29-13-23(11-27(47)15-29)39(65)55-33-7-5-25(45)17-31(33)43(49,50)51/h5-18,37-38H,1-4H3,(H,55,65)(H,56,66)(H,57,67)(H,58,68). The van der Waals surface area contributed by atoms with Crippen molar-refractivity contribution < 1.29 is 55.1 Å². The molecule has 0 heterocycles. The maximum Gasteiger partial charge on any atom is 0.418 e. The van der Waals surface area contributed by atoms with E-state index >= 15 is 0 Å². The van der Waals surface area contributed by atoms with E-state index in [2.05, 4.69) is 41.7 Å². The minimum atomic E-state index is -4.85. The molecule has 0 saturated heterocycles. The Morgan fingerprint density at radius 2 is 0.824 bits per heavy atom. The summed E-state index contributed by atoms with van der Waals surface area (Å²) in [6.07, 6.45) is -9.70. The first-order chi connectivity index (χ1) is 31.7. The van der Waals surface area contributed by atoms with Crippen LogP contribution < -0.4 is 21.3 Å². The van der Waals surface area contributed by atoms with Crippen LogP contribution in [0, 0.1) is 13.8 Å². The molecule has 0 aromatic heterocycles. The van der Waals surface area contributed by atoms with E-state index in [1.807, 2.05) is 0 Å². The van der Waals surface area contributed by atoms with Gasteiger partial charge >= 0.3 is 12.4 Å². The minimum Gasteiger partial charge on any atom is -0.324 e. The molecule has 2 unspecified atom stereocenters. The van der Waals surface area contributed by atoms with Crippen molar-refractivity contribution in [2.75, 3.05) is 21.3 Å². The fourth-order valence-electron chi connectivity index (χ4n) is 6.01. The molecule has 68 heavy (non-hydrogen) atoms. The fraction of sp³-hybridized carbons (Fsp3) is 0.182. The van der Waals surface area contributed by atoms with Crippen molar-refractivity contribution in [1.29, 1.82) is 0 Å². The summed E-state index contributed by atoms with van der Waals surface area (Å²) < 4.78 is 81.6. The van der Waals surface area contributed by atoms with Gasteiger partial charge < -0.3 is 21.3 Å². The van der Waals surface area contributed by atoms with Gasteiger partial charge in [-0.05, 0) is 124 Å². The van der Waals surface area contributed by atoms with Crippen molar-refractivity contribution >= 4 is 116 Å². The lowest BCUT2D eigenvalue weighted by Crippen LogP contribution is -2.32. The first-order valence-corrected chi connectivity index (χ1v) is 20.7. The third-order valence-electron chi connectivity index (χ3n) is 9.29. The van der Waals surface area contributed by atoms with Gasteiger partial charge in [0.25, 0.3) is 23.6 Å². The molecule has 0 spiro atoms. The van der Waals surface area contributed by atoms with Crippen LogP contribution in [0.4, 0.5) is 60.5 Å². The Morgan fingerprint density at radius 1 is 0.471 bits per heavy atom. The number of hydrogen-bond acceptors (Lipinski definition) is 10. The number of benzene rings is 5. The topological polar surface area (TPSA) is 200 Å². The molecule has 14 nitrogen and oxygen atoms in total. The molecule has 354 valence electrons. The van der Waals surface area contributed by atoms with E-state index in [9.17, 15) is 55.1 Å². The molecule has 0 radical (unpaired) electrons. The molecule has 0 aliphatic heterocycles. The van der Waals surface area contributed by atoms with Gasteiger partial charge in [0, 0.05) is 42.6 Å². The summed E-state index contributed by atoms with van der Waals surface area (Å²) >= 11 is 23.8. The van der Waals surface area contributed by atoms with Gasteiger partial charge in [0.05, 0.1) is 33.9 Å². The van der Waals surface area contributed by atoms with Gasteiger partial charge in [-0.15, -0.1) is 0 Å². The predicted molar refractivity (Wildman–Crippen MR) is 243 cm³/mol. The number of nitrogens with one attached hydrogen (secondary N) is 4. The maximum atomic E-state index is 13.6. The highest BCUT2D eigenvalue weighted by Crippen LogP contribution is 2.38. The number of halogens is 10. The number of amides is 4. The molecule has 0 saturated carbocycles. The van der Waals surface area contributed by atoms with E-state index < -0.39 is 82.1 Å². The number of carbonyl (C=O) groups is 6. The number of azo groups is 2. The van der Waals surface area contributed by atoms with Gasteiger partial charge in [-0.3, -0.25) is 28.8 Å². The summed E-state index contributed by atoms with van der Waals surface area (Å²) in [5.41, 5.74) is -3.27. The molecular formula is C44H32Cl4F6N8O6. The minimum absolute atomic E-state index is 0.0817. The molecule has 0 aliphatic carbocycles. The lowest BCUT2D eigenvalue weighted by molar-refractivity contribution is -0.137. The average molecular weight is 1020 g/mol. The molecule has 0 aliphatic rings. The number of hydrogen-bond donors (Lipinski definition) is 4. The quantitative estimate of drug-likeness (QED) is 0.0484. The van der Waals surface area contributed by atoms with Crippen LogP contribution >= 0.6 is 46.4 Å². The lowest BCUT2D eigenvalue weighted by atomic mass is 10.1. The van der Waals surface area contributed by atoms with E-state index in [-0.39, 0.29) is 54.0 Å². The normalized spacial score (nSPS) is 12.7. The number of alkyl halides is 6. The van der Waals surface area contributed by atoms with Crippen LogP contribution in [0.25, 0.3) is 0 Å². The van der Waals surface area contributed by atoms with E-state index in [0.717, 1.165) is 62.4 Å². The van der Waals surface area contributed by atoms with Gasteiger partial charge in [-0.2, -0.15) is 46.8 Å². The van der Waals surface area contributed by atoms with Gasteiger partial charge in [0.2, 0.25) is 12.1 Å². The maximum absolute atomic E-state index is 13.6. The van der Waals surface area contributed by atoms with Crippen molar-refractivity contribution in [2.24, 2.45) is 20.5 Å². The van der Waals surface area contributed by atoms with Crippen LogP contribution in [0.5, 0.6) is 0 Å². The highest BCUT2D eigenvalue weighted by atomic mass is 35.5. The average Bonchev–Trinajstić information content (AvgIpc) is 3.22. The number of nitrogens with zero attached hydrogens (tertiary/aromatic N) is 4. The van der Waals surface area contributed by atoms with Crippen LogP contribution in [0.3, 0.4) is 0 Å². The fourth-order valence-corrected chi connectivity index (χ4v) is 6.81. The largest absolute Gasteiger partial charge is 0.418 e. The first kappa shape index (κ1) is 52.2. The number of Topliss-reactive ketones (excluding diaryl/α,β-unsaturated/α-hetero) is 2. The number of ketones is 2. The van der Waals surface area contributed by atoms with Gasteiger partial charge in [-0.25, -0.2) is 0 Å². The van der Waals surface area contributed by atoms with Crippen LogP contribution in [-0.2, 0) is 31.5 Å². The highest BCUT2D eigenvalue weighted by molar-refractivity contribution is 6.32. The molecule has 4 N–H and O–H groups in total. The summed E-state index contributed by atoms with van der Waals surface area (Å²) in [4.78, 5) is 77.9. The second-order valence-electron chi connectivity index (χ2n) is 14.6. The molecule has 0 fully saturated rings. The molecule has 2 atom stereocenters. The molecular weight excluding hydrogens is 992 g/mol. The van der Waals surface area contributed by atoms with Crippen molar-refractivity contribution in [3.05, 3.63) is 138 Å². The van der Waals surface area contributed by atoms with Crippen LogP contribution in [0.15, 0.2) is 105 Å². The molecule has 4 amide bonds. The Morgan fingerprint density at radius 3 is 1.15 bits per heavy atom. The third kappa shape index (κ3) is 13.7. The van der Waals surface area contributed by atoms with E-state index in [4.69, 9.17) is 46.4 Å². The summed E-state index contributed by atoms with van der Waals surface area (Å²) in [7, 11) is 0. The summed E-state index contributed by atoms with van der Waals surface area (Å²) in [5.74, 6) is -5.42. The third-order valence-corrected chi connectivity index (χ3v) is 10.2. The van der Waals surface area contributed by atoms with Crippen molar-refractivity contribution in [2.45, 2.75) is 52.1 Å². The predicted octanol–water partition coefficient (Wildman–Crippen LogP) is 12.8. The zero-order valence-electron chi connectivity index (χ0n) is 35.3. The molecule has 0 bridgehead atoms. The zero-order valence-corrected chi connectivity index (χ0v) is 38.3. The Hall–Kier alpha value is -6.74. The van der Waals surface area contributed by atoms with Gasteiger partial charge in [-0.1, -0.05) is 46.4 Å². The van der Waals surface area contributed by atoms with Gasteiger partial charge in [0.15, 0.2) is 11.6 Å². The van der Waals surface area contributed by atoms with Gasteiger partial charge in [0.1, 0.15) is 0 Å². The summed E-state index contributed by atoms with van der Waals surface area (Å²) in [6.45, 7) is 5.21. The highest BCUT2D eigenvalue weighted by Gasteiger charge is 2.36. The lowest BCUT2D eigenvalue weighted by Gasteiger charge is -2.16. The zero-order chi connectivity index (χ0) is 50.4. The first-order valence-electron chi connectivity index (χ1n) is 19.2. The number of aryl methyl sites for hydroxylation is 2. The van der Waals surface area contributed by atoms with Crippen molar-refractivity contribution in [3.8, 4) is 0 Å². The SMILES string of the molecule is CC(=O)C(N=Nc1cc(Cl)cc(C(=O)Nc2ccc(Cl)cc2C(F)(F)F)c1)C(=O)Nc1cc(C)c(NC(=O)C(N=Nc2cc(Cl)cc(C(=O)Nc3ccc(Cl)cc3C(F)(F)F)c2)C(C)=O)cc1C. The van der Waals surface area contributed by atoms with E-state index in [1.165, 1.54) is 24.3 Å². The Kier molecular flexibility index (Phi) is 16.5. The molecule has 5 aromatic carbocycles. The van der Waals surface area contributed by atoms with Crippen molar-refractivity contribution in [1.82, 2.24) is 0 Å². The molecule has 5 rings (SSSR count). The van der Waals surface area contributed by atoms with E-state index in [1.54, 1.807) is 13.8 Å². The summed E-state index contributed by atoms with van der Waals surface area (Å²) in [5, 5.41) is 24.3. The van der Waals surface area contributed by atoms with Crippen LogP contribution in [0.2, 0.25) is 20.1 Å². The van der Waals surface area contributed by atoms with E-state index in [0.29, 0.717) is 23.3 Å². The smallest absolute Gasteiger partial charge is 0.324 e. The molecule has 5 aromatic rings. The molecule has 24 heteroatoms. The Balaban J connectivity index is 1.28. The Bertz CT molecular complexity index is 2740. The Labute approximate surface area is 401 Å². The van der Waals surface area contributed by atoms with Crippen molar-refractivity contribution in [3.63, 3.8) is 0 Å². The number of anilines is 4. The second-order valence-corrected chi connectivity index (χ2v) is 16.3. The summed E-state index contributed by atoms with van der Waals surface area (Å²) in [6, 6.07) is 11.9.